The first-order valence-corrected chi connectivity index (χ1v) is 13.8. The number of rotatable bonds is 7. The van der Waals surface area contributed by atoms with Gasteiger partial charge in [-0.15, -0.1) is 0 Å². The number of carbonyl (C=O) groups is 1. The van der Waals surface area contributed by atoms with Crippen LogP contribution in [0.2, 0.25) is 0 Å². The topological polar surface area (TPSA) is 122 Å². The van der Waals surface area contributed by atoms with Gasteiger partial charge in [0.05, 0.1) is 48.6 Å². The van der Waals surface area contributed by atoms with E-state index in [4.69, 9.17) is 9.47 Å². The fourth-order valence-electron chi connectivity index (χ4n) is 5.55. The maximum Gasteiger partial charge on any atom is 0.262 e. The summed E-state index contributed by atoms with van der Waals surface area (Å²) in [4.78, 5) is 16.5. The molecule has 0 aliphatic carbocycles. The van der Waals surface area contributed by atoms with Gasteiger partial charge in [0.25, 0.3) is 5.91 Å². The molecule has 0 radical (unpaired) electrons. The van der Waals surface area contributed by atoms with Gasteiger partial charge in [0, 0.05) is 37.8 Å². The van der Waals surface area contributed by atoms with Gasteiger partial charge in [-0.1, -0.05) is 24.3 Å². The number of ether oxygens (including phenoxy) is 2. The van der Waals surface area contributed by atoms with E-state index in [0.29, 0.717) is 54.4 Å². The highest BCUT2D eigenvalue weighted by atomic mass is 16.5. The van der Waals surface area contributed by atoms with Gasteiger partial charge in [-0.05, 0) is 61.4 Å². The second-order valence-electron chi connectivity index (χ2n) is 10.5. The molecule has 1 amide bonds. The van der Waals surface area contributed by atoms with E-state index in [1.54, 1.807) is 31.4 Å². The molecule has 9 nitrogen and oxygen atoms in total. The van der Waals surface area contributed by atoms with Crippen molar-refractivity contribution in [1.82, 2.24) is 20.9 Å². The molecule has 2 unspecified atom stereocenters. The SMILES string of the molecule is COc1ccc(C2(C(=O)N3CCNCC3)NC(c3ccc(C#N)cc3)C(c3ccc(C#N)cc3)N2)c(OC(C)C)c1. The molecule has 3 N–H and O–H groups in total. The molecule has 210 valence electrons. The van der Waals surface area contributed by atoms with E-state index in [1.807, 2.05) is 61.2 Å². The van der Waals surface area contributed by atoms with E-state index < -0.39 is 5.66 Å². The van der Waals surface area contributed by atoms with Gasteiger partial charge in [0.15, 0.2) is 5.66 Å². The summed E-state index contributed by atoms with van der Waals surface area (Å²) in [6, 6.07) is 24.0. The van der Waals surface area contributed by atoms with Crippen LogP contribution in [0, 0.1) is 22.7 Å². The molecular weight excluding hydrogens is 516 g/mol. The summed E-state index contributed by atoms with van der Waals surface area (Å²) in [7, 11) is 1.60. The lowest BCUT2D eigenvalue weighted by Crippen LogP contribution is -2.61. The van der Waals surface area contributed by atoms with Crippen molar-refractivity contribution in [2.24, 2.45) is 0 Å². The van der Waals surface area contributed by atoms with Gasteiger partial charge in [0.2, 0.25) is 0 Å². The van der Waals surface area contributed by atoms with Crippen LogP contribution in [-0.2, 0) is 10.5 Å². The molecule has 2 atom stereocenters. The molecule has 3 aromatic carbocycles. The molecule has 2 fully saturated rings. The Morgan fingerprint density at radius 3 is 1.90 bits per heavy atom. The van der Waals surface area contributed by atoms with Crippen molar-refractivity contribution in [2.75, 3.05) is 33.3 Å². The Bertz CT molecular complexity index is 1400. The fraction of sp³-hybridized carbons (Fsp3) is 0.344. The largest absolute Gasteiger partial charge is 0.497 e. The number of benzene rings is 3. The van der Waals surface area contributed by atoms with E-state index in [2.05, 4.69) is 28.1 Å². The average Bonchev–Trinajstić information content (AvgIpc) is 3.42. The summed E-state index contributed by atoms with van der Waals surface area (Å²) in [5.74, 6) is 1.06. The van der Waals surface area contributed by atoms with Crippen LogP contribution in [0.15, 0.2) is 66.7 Å². The van der Waals surface area contributed by atoms with Crippen molar-refractivity contribution in [3.05, 3.63) is 94.5 Å². The van der Waals surface area contributed by atoms with Gasteiger partial charge in [-0.3, -0.25) is 15.4 Å². The zero-order valence-electron chi connectivity index (χ0n) is 23.5. The fourth-order valence-corrected chi connectivity index (χ4v) is 5.55. The predicted octanol–water partition coefficient (Wildman–Crippen LogP) is 3.49. The zero-order chi connectivity index (χ0) is 29.0. The summed E-state index contributed by atoms with van der Waals surface area (Å²) in [5.41, 5.74) is 2.26. The number of nitrogens with zero attached hydrogens (tertiary/aromatic N) is 3. The smallest absolute Gasteiger partial charge is 0.262 e. The lowest BCUT2D eigenvalue weighted by molar-refractivity contribution is -0.140. The Morgan fingerprint density at radius 1 is 0.902 bits per heavy atom. The van der Waals surface area contributed by atoms with Crippen LogP contribution >= 0.6 is 0 Å². The minimum absolute atomic E-state index is 0.104. The number of nitriles is 2. The number of hydrogen-bond donors (Lipinski definition) is 3. The van der Waals surface area contributed by atoms with Crippen LogP contribution in [0.1, 0.15) is 53.7 Å². The number of carbonyl (C=O) groups excluding carboxylic acids is 1. The lowest BCUT2D eigenvalue weighted by Gasteiger charge is -2.38. The van der Waals surface area contributed by atoms with Gasteiger partial charge >= 0.3 is 0 Å². The van der Waals surface area contributed by atoms with Gasteiger partial charge in [0.1, 0.15) is 11.5 Å². The third-order valence-electron chi connectivity index (χ3n) is 7.56. The average molecular weight is 551 g/mol. The summed E-state index contributed by atoms with van der Waals surface area (Å²) >= 11 is 0. The first kappa shape index (κ1) is 28.1. The first-order valence-electron chi connectivity index (χ1n) is 13.8. The molecule has 2 saturated heterocycles. The molecule has 0 bridgehead atoms. The van der Waals surface area contributed by atoms with E-state index in [-0.39, 0.29) is 24.1 Å². The van der Waals surface area contributed by atoms with Gasteiger partial charge < -0.3 is 19.7 Å². The van der Waals surface area contributed by atoms with Crippen molar-refractivity contribution in [3.63, 3.8) is 0 Å². The monoisotopic (exact) mass is 550 g/mol. The van der Waals surface area contributed by atoms with Crippen LogP contribution in [-0.4, -0.2) is 50.2 Å². The number of piperazine rings is 1. The maximum absolute atomic E-state index is 14.7. The number of methoxy groups -OCH3 is 1. The molecule has 2 heterocycles. The first-order chi connectivity index (χ1) is 19.9. The Labute approximate surface area is 240 Å². The second-order valence-corrected chi connectivity index (χ2v) is 10.5. The summed E-state index contributed by atoms with van der Waals surface area (Å²) in [5, 5.41) is 29.5. The Balaban J connectivity index is 1.69. The summed E-state index contributed by atoms with van der Waals surface area (Å²) in [6.07, 6.45) is -0.141. The van der Waals surface area contributed by atoms with Crippen molar-refractivity contribution < 1.29 is 14.3 Å². The van der Waals surface area contributed by atoms with E-state index in [1.165, 1.54) is 0 Å². The van der Waals surface area contributed by atoms with E-state index in [0.717, 1.165) is 11.1 Å². The van der Waals surface area contributed by atoms with Crippen LogP contribution in [0.3, 0.4) is 0 Å². The second kappa shape index (κ2) is 12.0. The standard InChI is InChI=1S/C32H34N6O3/c1-21(2)41-28-18-26(40-3)12-13-27(28)32(31(39)38-16-14-35-15-17-38)36-29(24-8-4-22(19-33)5-9-24)30(37-32)25-10-6-23(20-34)7-11-25/h4-13,18,21,29-30,35-37H,14-17H2,1-3H3. The van der Waals surface area contributed by atoms with Crippen molar-refractivity contribution in [2.45, 2.75) is 37.7 Å². The minimum Gasteiger partial charge on any atom is -0.497 e. The number of amides is 1. The molecule has 0 aromatic heterocycles. The third-order valence-corrected chi connectivity index (χ3v) is 7.56. The molecule has 3 aromatic rings. The normalized spacial score (nSPS) is 22.1. The Kier molecular flexibility index (Phi) is 8.23. The van der Waals surface area contributed by atoms with Crippen molar-refractivity contribution in [3.8, 4) is 23.6 Å². The van der Waals surface area contributed by atoms with Crippen LogP contribution in [0.5, 0.6) is 11.5 Å². The van der Waals surface area contributed by atoms with E-state index >= 15 is 0 Å². The highest BCUT2D eigenvalue weighted by Crippen LogP contribution is 2.45. The maximum atomic E-state index is 14.7. The Morgan fingerprint density at radius 2 is 1.44 bits per heavy atom. The summed E-state index contributed by atoms with van der Waals surface area (Å²) < 4.78 is 11.8. The van der Waals surface area contributed by atoms with Crippen LogP contribution in [0.4, 0.5) is 0 Å². The highest BCUT2D eigenvalue weighted by Gasteiger charge is 2.54. The van der Waals surface area contributed by atoms with E-state index in [9.17, 15) is 15.3 Å². The van der Waals surface area contributed by atoms with Gasteiger partial charge in [-0.2, -0.15) is 10.5 Å². The molecular formula is C32H34N6O3. The highest BCUT2D eigenvalue weighted by molar-refractivity contribution is 5.89. The zero-order valence-corrected chi connectivity index (χ0v) is 23.5. The quantitative estimate of drug-likeness (QED) is 0.409. The molecule has 5 rings (SSSR count). The Hall–Kier alpha value is -4.41. The number of nitrogens with one attached hydrogen (secondary N) is 3. The van der Waals surface area contributed by atoms with Crippen molar-refractivity contribution in [1.29, 1.82) is 10.5 Å². The van der Waals surface area contributed by atoms with Crippen molar-refractivity contribution >= 4 is 5.91 Å². The molecule has 9 heteroatoms. The molecule has 2 aliphatic rings. The summed E-state index contributed by atoms with van der Waals surface area (Å²) in [6.45, 7) is 6.45. The molecule has 0 saturated carbocycles. The van der Waals surface area contributed by atoms with Crippen LogP contribution < -0.4 is 25.4 Å². The third kappa shape index (κ3) is 5.61. The lowest BCUT2D eigenvalue weighted by atomic mass is 9.94. The van der Waals surface area contributed by atoms with Crippen LogP contribution in [0.25, 0.3) is 0 Å². The molecule has 41 heavy (non-hydrogen) atoms. The van der Waals surface area contributed by atoms with Gasteiger partial charge in [-0.25, -0.2) is 0 Å². The minimum atomic E-state index is -1.34. The number of hydrogen-bond acceptors (Lipinski definition) is 8. The molecule has 2 aliphatic heterocycles. The molecule has 0 spiro atoms. The predicted molar refractivity (Wildman–Crippen MR) is 154 cm³/mol.